The summed E-state index contributed by atoms with van der Waals surface area (Å²) in [6.45, 7) is 4.26. The second kappa shape index (κ2) is 6.53. The van der Waals surface area contributed by atoms with Gasteiger partial charge >= 0.3 is 0 Å². The van der Waals surface area contributed by atoms with Gasteiger partial charge in [0.25, 0.3) is 0 Å². The van der Waals surface area contributed by atoms with Gasteiger partial charge in [-0.2, -0.15) is 0 Å². The summed E-state index contributed by atoms with van der Waals surface area (Å²) in [6.07, 6.45) is 4.86. The molecule has 0 saturated heterocycles. The van der Waals surface area contributed by atoms with Gasteiger partial charge in [-0.25, -0.2) is 0 Å². The molecule has 0 aliphatic heterocycles. The largest absolute Gasteiger partial charge is 0.489 e. The maximum absolute atomic E-state index is 6.16. The highest BCUT2D eigenvalue weighted by Crippen LogP contribution is 2.21. The smallest absolute Gasteiger partial charge is 0.122 e. The fourth-order valence-electron chi connectivity index (χ4n) is 2.29. The summed E-state index contributed by atoms with van der Waals surface area (Å²) < 4.78 is 6.02. The van der Waals surface area contributed by atoms with Crippen LogP contribution >= 0.6 is 0 Å². The lowest BCUT2D eigenvalue weighted by Crippen LogP contribution is -2.38. The molecule has 0 fully saturated rings. The van der Waals surface area contributed by atoms with E-state index in [1.165, 1.54) is 0 Å². The average Bonchev–Trinajstić information content (AvgIpc) is 2.44. The second-order valence-electron chi connectivity index (χ2n) is 4.87. The topological polar surface area (TPSA) is 48.1 Å². The van der Waals surface area contributed by atoms with Crippen molar-refractivity contribution in [1.82, 2.24) is 4.98 Å². The van der Waals surface area contributed by atoms with Crippen molar-refractivity contribution in [3.63, 3.8) is 0 Å². The van der Waals surface area contributed by atoms with Crippen molar-refractivity contribution in [2.45, 2.75) is 45.3 Å². The van der Waals surface area contributed by atoms with E-state index in [0.717, 1.165) is 35.9 Å². The molecule has 2 rings (SSSR count). The molecule has 102 valence electrons. The van der Waals surface area contributed by atoms with Gasteiger partial charge in [0, 0.05) is 23.7 Å². The van der Waals surface area contributed by atoms with Crippen LogP contribution in [-0.4, -0.2) is 17.1 Å². The van der Waals surface area contributed by atoms with Crippen molar-refractivity contribution in [2.24, 2.45) is 5.73 Å². The molecule has 2 unspecified atom stereocenters. The van der Waals surface area contributed by atoms with Gasteiger partial charge in [-0.05, 0) is 31.0 Å². The number of ether oxygens (including phenoxy) is 1. The molecule has 1 heterocycles. The molecule has 0 bridgehead atoms. The van der Waals surface area contributed by atoms with Crippen LogP contribution in [0.25, 0.3) is 10.9 Å². The zero-order valence-electron chi connectivity index (χ0n) is 11.7. The van der Waals surface area contributed by atoms with Crippen LogP contribution in [0.5, 0.6) is 5.75 Å². The van der Waals surface area contributed by atoms with E-state index in [2.05, 4.69) is 18.8 Å². The van der Waals surface area contributed by atoms with E-state index in [0.29, 0.717) is 0 Å². The zero-order chi connectivity index (χ0) is 13.7. The Morgan fingerprint density at radius 2 is 2.11 bits per heavy atom. The lowest BCUT2D eigenvalue weighted by Gasteiger charge is -2.23. The molecule has 19 heavy (non-hydrogen) atoms. The lowest BCUT2D eigenvalue weighted by atomic mass is 10.0. The average molecular weight is 258 g/mol. The Kier molecular flexibility index (Phi) is 4.74. The maximum atomic E-state index is 6.16. The fraction of sp³-hybridized carbons (Fsp3) is 0.438. The van der Waals surface area contributed by atoms with Gasteiger partial charge in [0.15, 0.2) is 0 Å². The monoisotopic (exact) mass is 258 g/mol. The van der Waals surface area contributed by atoms with E-state index < -0.39 is 0 Å². The molecule has 2 atom stereocenters. The molecule has 0 saturated carbocycles. The summed E-state index contributed by atoms with van der Waals surface area (Å²) in [5.74, 6) is 0.851. The Labute approximate surface area is 114 Å². The first kappa shape index (κ1) is 13.8. The molecule has 0 aliphatic rings. The van der Waals surface area contributed by atoms with Crippen LogP contribution in [0.3, 0.4) is 0 Å². The zero-order valence-corrected chi connectivity index (χ0v) is 11.7. The van der Waals surface area contributed by atoms with E-state index in [4.69, 9.17) is 10.5 Å². The Balaban J connectivity index is 2.15. The van der Waals surface area contributed by atoms with Crippen molar-refractivity contribution in [3.05, 3.63) is 36.5 Å². The van der Waals surface area contributed by atoms with Gasteiger partial charge in [0.2, 0.25) is 0 Å². The second-order valence-corrected chi connectivity index (χ2v) is 4.87. The van der Waals surface area contributed by atoms with Crippen molar-refractivity contribution in [3.8, 4) is 5.75 Å². The van der Waals surface area contributed by atoms with Crippen LogP contribution in [0.15, 0.2) is 36.5 Å². The quantitative estimate of drug-likeness (QED) is 0.862. The summed E-state index contributed by atoms with van der Waals surface area (Å²) in [4.78, 5) is 4.34. The molecule has 0 aliphatic carbocycles. The first-order chi connectivity index (χ1) is 9.24. The van der Waals surface area contributed by atoms with Crippen molar-refractivity contribution < 1.29 is 4.74 Å². The summed E-state index contributed by atoms with van der Waals surface area (Å²) in [5.41, 5.74) is 7.12. The third-order valence-electron chi connectivity index (χ3n) is 3.37. The summed E-state index contributed by atoms with van der Waals surface area (Å²) in [7, 11) is 0. The molecular formula is C16H22N2O. The number of rotatable bonds is 6. The van der Waals surface area contributed by atoms with Crippen molar-refractivity contribution in [1.29, 1.82) is 0 Å². The Hall–Kier alpha value is -1.61. The predicted octanol–water partition coefficient (Wildman–Crippen LogP) is 3.52. The maximum Gasteiger partial charge on any atom is 0.122 e. The van der Waals surface area contributed by atoms with Gasteiger partial charge in [0.05, 0.1) is 5.52 Å². The van der Waals surface area contributed by atoms with E-state index in [1.807, 2.05) is 30.3 Å². The SMILES string of the molecule is CCCC(N)C(CC)Oc1ccc2cccnc2c1. The van der Waals surface area contributed by atoms with Crippen molar-refractivity contribution in [2.75, 3.05) is 0 Å². The Morgan fingerprint density at radius 3 is 2.84 bits per heavy atom. The van der Waals surface area contributed by atoms with Crippen LogP contribution in [0.1, 0.15) is 33.1 Å². The molecule has 3 nitrogen and oxygen atoms in total. The molecule has 1 aromatic carbocycles. The third-order valence-corrected chi connectivity index (χ3v) is 3.37. The first-order valence-electron chi connectivity index (χ1n) is 7.01. The highest BCUT2D eigenvalue weighted by atomic mass is 16.5. The van der Waals surface area contributed by atoms with Crippen LogP contribution in [-0.2, 0) is 0 Å². The van der Waals surface area contributed by atoms with Crippen molar-refractivity contribution >= 4 is 10.9 Å². The van der Waals surface area contributed by atoms with Gasteiger partial charge in [-0.3, -0.25) is 4.98 Å². The number of fused-ring (bicyclic) bond motifs is 1. The third kappa shape index (κ3) is 3.44. The fourth-order valence-corrected chi connectivity index (χ4v) is 2.29. The minimum absolute atomic E-state index is 0.0705. The van der Waals surface area contributed by atoms with Crippen LogP contribution in [0, 0.1) is 0 Å². The van der Waals surface area contributed by atoms with E-state index in [1.54, 1.807) is 6.20 Å². The molecule has 0 radical (unpaired) electrons. The minimum Gasteiger partial charge on any atom is -0.489 e. The number of hydrogen-bond acceptors (Lipinski definition) is 3. The highest BCUT2D eigenvalue weighted by molar-refractivity contribution is 5.79. The summed E-state index contributed by atoms with van der Waals surface area (Å²) >= 11 is 0. The normalized spacial score (nSPS) is 14.3. The first-order valence-corrected chi connectivity index (χ1v) is 7.01. The van der Waals surface area contributed by atoms with Crippen LogP contribution in [0.4, 0.5) is 0 Å². The lowest BCUT2D eigenvalue weighted by molar-refractivity contribution is 0.161. The molecule has 2 N–H and O–H groups in total. The van der Waals surface area contributed by atoms with Gasteiger partial charge in [0.1, 0.15) is 11.9 Å². The minimum atomic E-state index is 0.0705. The Morgan fingerprint density at radius 1 is 1.26 bits per heavy atom. The van der Waals surface area contributed by atoms with Gasteiger partial charge < -0.3 is 10.5 Å². The highest BCUT2D eigenvalue weighted by Gasteiger charge is 2.17. The Bertz CT molecular complexity index is 527. The molecule has 1 aromatic heterocycles. The number of pyridine rings is 1. The summed E-state index contributed by atoms with van der Waals surface area (Å²) in [6, 6.07) is 10.1. The van der Waals surface area contributed by atoms with E-state index in [-0.39, 0.29) is 12.1 Å². The van der Waals surface area contributed by atoms with E-state index >= 15 is 0 Å². The number of benzene rings is 1. The number of aromatic nitrogens is 1. The molecule has 0 spiro atoms. The van der Waals surface area contributed by atoms with Gasteiger partial charge in [-0.1, -0.05) is 26.3 Å². The predicted molar refractivity (Wildman–Crippen MR) is 79.3 cm³/mol. The molecule has 2 aromatic rings. The molecule has 3 heteroatoms. The molecule has 0 amide bonds. The number of nitrogens with zero attached hydrogens (tertiary/aromatic N) is 1. The van der Waals surface area contributed by atoms with Crippen LogP contribution in [0.2, 0.25) is 0 Å². The standard InChI is InChI=1S/C16H22N2O/c1-3-6-14(17)16(4-2)19-13-9-8-12-7-5-10-18-15(12)11-13/h5,7-11,14,16H,3-4,6,17H2,1-2H3. The van der Waals surface area contributed by atoms with E-state index in [9.17, 15) is 0 Å². The molecular weight excluding hydrogens is 236 g/mol. The number of hydrogen-bond donors (Lipinski definition) is 1. The number of nitrogens with two attached hydrogens (primary N) is 1. The van der Waals surface area contributed by atoms with Gasteiger partial charge in [-0.15, -0.1) is 0 Å². The van der Waals surface area contributed by atoms with Crippen LogP contribution < -0.4 is 10.5 Å². The summed E-state index contributed by atoms with van der Waals surface area (Å²) in [5, 5.41) is 1.13.